The van der Waals surface area contributed by atoms with E-state index in [1.165, 1.54) is 12.8 Å². The van der Waals surface area contributed by atoms with Crippen LogP contribution in [0.25, 0.3) is 0 Å². The molecule has 148 valence electrons. The average molecular weight is 382 g/mol. The number of anilines is 2. The molecule has 5 aliphatic rings. The molecule has 7 nitrogen and oxygen atoms in total. The predicted octanol–water partition coefficient (Wildman–Crippen LogP) is 1.67. The fraction of sp³-hybridized carbons (Fsp3) is 0.571. The molecule has 4 fully saturated rings. The number of nitrogens with zero attached hydrogens (tertiary/aromatic N) is 1. The molecule has 0 aromatic heterocycles. The van der Waals surface area contributed by atoms with Crippen molar-refractivity contribution in [1.29, 1.82) is 0 Å². The summed E-state index contributed by atoms with van der Waals surface area (Å²) >= 11 is 0. The Morgan fingerprint density at radius 1 is 1.14 bits per heavy atom. The fourth-order valence-electron chi connectivity index (χ4n) is 5.06. The Kier molecular flexibility index (Phi) is 4.25. The Morgan fingerprint density at radius 2 is 1.96 bits per heavy atom. The number of fused-ring (bicyclic) bond motifs is 2. The van der Waals surface area contributed by atoms with Gasteiger partial charge in [0.05, 0.1) is 11.4 Å². The maximum absolute atomic E-state index is 12.7. The summed E-state index contributed by atoms with van der Waals surface area (Å²) in [6, 6.07) is 5.39. The predicted molar refractivity (Wildman–Crippen MR) is 105 cm³/mol. The number of carbonyl (C=O) groups excluding carboxylic acids is 3. The Morgan fingerprint density at radius 3 is 2.71 bits per heavy atom. The van der Waals surface area contributed by atoms with Crippen LogP contribution in [0, 0.1) is 23.7 Å². The van der Waals surface area contributed by atoms with Gasteiger partial charge in [0.25, 0.3) is 5.91 Å². The molecule has 2 bridgehead atoms. The summed E-state index contributed by atoms with van der Waals surface area (Å²) < 4.78 is 0. The van der Waals surface area contributed by atoms with Crippen LogP contribution in [0.3, 0.4) is 0 Å². The van der Waals surface area contributed by atoms with Crippen molar-refractivity contribution < 1.29 is 14.4 Å². The second-order valence-corrected chi connectivity index (χ2v) is 8.75. The molecule has 1 aromatic rings. The molecule has 2 aliphatic heterocycles. The first-order chi connectivity index (χ1) is 13.6. The van der Waals surface area contributed by atoms with E-state index < -0.39 is 0 Å². The van der Waals surface area contributed by atoms with Gasteiger partial charge in [0.2, 0.25) is 11.8 Å². The molecule has 1 aromatic carbocycles. The Hall–Kier alpha value is -2.57. The molecule has 3 aliphatic carbocycles. The van der Waals surface area contributed by atoms with Gasteiger partial charge in [0, 0.05) is 50.0 Å². The number of likely N-dealkylation sites (tertiary alicyclic amines) is 1. The quantitative estimate of drug-likeness (QED) is 0.739. The van der Waals surface area contributed by atoms with E-state index in [2.05, 4.69) is 16.0 Å². The SMILES string of the molecule is O=C1CCNc2ccc(C(=O)N3CC(CNC(=O)C4CC5CC4C5)C3)cc2N1. The third kappa shape index (κ3) is 3.12. The van der Waals surface area contributed by atoms with Crippen LogP contribution in [0.4, 0.5) is 11.4 Å². The van der Waals surface area contributed by atoms with Crippen LogP contribution in [0.5, 0.6) is 0 Å². The highest BCUT2D eigenvalue weighted by Gasteiger charge is 2.47. The number of hydrogen-bond donors (Lipinski definition) is 3. The Balaban J connectivity index is 1.13. The lowest BCUT2D eigenvalue weighted by Gasteiger charge is -2.39. The standard InChI is InChI=1S/C21H26N4O3/c26-19-3-4-22-17-2-1-14(8-18(17)24-19)21(28)25-10-13(11-25)9-23-20(27)16-7-12-5-15(16)6-12/h1-2,8,12-13,15-16,22H,3-7,9-11H2,(H,23,27)(H,24,26). The minimum Gasteiger partial charge on any atom is -0.383 e. The molecule has 28 heavy (non-hydrogen) atoms. The lowest BCUT2D eigenvalue weighted by molar-refractivity contribution is -0.126. The number of benzene rings is 1. The van der Waals surface area contributed by atoms with Gasteiger partial charge >= 0.3 is 0 Å². The normalized spacial score (nSPS) is 28.2. The molecular weight excluding hydrogens is 356 g/mol. The van der Waals surface area contributed by atoms with E-state index in [0.717, 1.165) is 18.0 Å². The van der Waals surface area contributed by atoms with Crippen molar-refractivity contribution >= 4 is 29.1 Å². The molecule has 0 spiro atoms. The fourth-order valence-corrected chi connectivity index (χ4v) is 5.06. The zero-order chi connectivity index (χ0) is 19.3. The van der Waals surface area contributed by atoms with Crippen LogP contribution in [-0.4, -0.2) is 48.8 Å². The van der Waals surface area contributed by atoms with Crippen molar-refractivity contribution in [2.24, 2.45) is 23.7 Å². The van der Waals surface area contributed by atoms with Crippen molar-refractivity contribution in [3.05, 3.63) is 23.8 Å². The summed E-state index contributed by atoms with van der Waals surface area (Å²) in [5.74, 6) is 2.10. The monoisotopic (exact) mass is 382 g/mol. The lowest BCUT2D eigenvalue weighted by atomic mass is 9.82. The number of rotatable bonds is 4. The van der Waals surface area contributed by atoms with Crippen molar-refractivity contribution in [3.8, 4) is 0 Å². The van der Waals surface area contributed by atoms with Crippen molar-refractivity contribution in [2.45, 2.75) is 25.7 Å². The van der Waals surface area contributed by atoms with Gasteiger partial charge in [-0.25, -0.2) is 0 Å². The number of amides is 3. The zero-order valence-electron chi connectivity index (χ0n) is 15.9. The molecule has 6 rings (SSSR count). The average Bonchev–Trinajstić information content (AvgIpc) is 3.17. The first-order valence-electron chi connectivity index (χ1n) is 10.3. The smallest absolute Gasteiger partial charge is 0.253 e. The van der Waals surface area contributed by atoms with Gasteiger partial charge in [-0.3, -0.25) is 14.4 Å². The second kappa shape index (κ2) is 6.79. The molecule has 7 heteroatoms. The van der Waals surface area contributed by atoms with Gasteiger partial charge in [-0.1, -0.05) is 0 Å². The summed E-state index contributed by atoms with van der Waals surface area (Å²) in [7, 11) is 0. The van der Waals surface area contributed by atoms with Crippen molar-refractivity contribution in [3.63, 3.8) is 0 Å². The minimum absolute atomic E-state index is 0.0273. The zero-order valence-corrected chi connectivity index (χ0v) is 15.9. The van der Waals surface area contributed by atoms with Crippen LogP contribution in [0.2, 0.25) is 0 Å². The number of hydrogen-bond acceptors (Lipinski definition) is 4. The topological polar surface area (TPSA) is 90.5 Å². The van der Waals surface area contributed by atoms with Gasteiger partial charge in [0.1, 0.15) is 0 Å². The first kappa shape index (κ1) is 17.5. The maximum Gasteiger partial charge on any atom is 0.253 e. The summed E-state index contributed by atoms with van der Waals surface area (Å²) in [4.78, 5) is 38.6. The molecule has 2 heterocycles. The largest absolute Gasteiger partial charge is 0.383 e. The van der Waals surface area contributed by atoms with Gasteiger partial charge in [-0.2, -0.15) is 0 Å². The lowest BCUT2D eigenvalue weighted by Crippen LogP contribution is -2.54. The Labute approximate surface area is 164 Å². The van der Waals surface area contributed by atoms with E-state index >= 15 is 0 Å². The molecule has 3 amide bonds. The highest BCUT2D eigenvalue weighted by molar-refractivity contribution is 6.01. The minimum atomic E-state index is -0.0459. The summed E-state index contributed by atoms with van der Waals surface area (Å²) in [6.07, 6.45) is 3.95. The summed E-state index contributed by atoms with van der Waals surface area (Å²) in [6.45, 7) is 2.57. The van der Waals surface area contributed by atoms with Gasteiger partial charge in [-0.15, -0.1) is 0 Å². The molecule has 1 unspecified atom stereocenters. The van der Waals surface area contributed by atoms with Crippen LogP contribution < -0.4 is 16.0 Å². The number of carbonyl (C=O) groups is 3. The first-order valence-corrected chi connectivity index (χ1v) is 10.3. The molecule has 0 radical (unpaired) electrons. The third-order valence-corrected chi connectivity index (χ3v) is 6.78. The molecule has 3 saturated carbocycles. The summed E-state index contributed by atoms with van der Waals surface area (Å²) in [5, 5.41) is 9.14. The van der Waals surface area contributed by atoms with Crippen LogP contribution >= 0.6 is 0 Å². The summed E-state index contributed by atoms with van der Waals surface area (Å²) in [5.41, 5.74) is 2.08. The second-order valence-electron chi connectivity index (χ2n) is 8.75. The van der Waals surface area contributed by atoms with Crippen LogP contribution in [0.15, 0.2) is 18.2 Å². The van der Waals surface area contributed by atoms with E-state index in [-0.39, 0.29) is 23.6 Å². The molecular formula is C21H26N4O3. The van der Waals surface area contributed by atoms with Gasteiger partial charge in [0.15, 0.2) is 0 Å². The van der Waals surface area contributed by atoms with Crippen LogP contribution in [-0.2, 0) is 9.59 Å². The maximum atomic E-state index is 12.7. The highest BCUT2D eigenvalue weighted by Crippen LogP contribution is 2.52. The van der Waals surface area contributed by atoms with E-state index in [0.29, 0.717) is 55.7 Å². The van der Waals surface area contributed by atoms with E-state index in [9.17, 15) is 14.4 Å². The highest BCUT2D eigenvalue weighted by atomic mass is 16.2. The molecule has 1 saturated heterocycles. The van der Waals surface area contributed by atoms with Gasteiger partial charge in [-0.05, 0) is 49.3 Å². The van der Waals surface area contributed by atoms with Crippen LogP contribution in [0.1, 0.15) is 36.0 Å². The van der Waals surface area contributed by atoms with Gasteiger partial charge < -0.3 is 20.9 Å². The molecule has 1 atom stereocenters. The van der Waals surface area contributed by atoms with E-state index in [4.69, 9.17) is 0 Å². The van der Waals surface area contributed by atoms with E-state index in [1.54, 1.807) is 17.0 Å². The molecule has 3 N–H and O–H groups in total. The Bertz CT molecular complexity index is 827. The number of nitrogens with one attached hydrogen (secondary N) is 3. The third-order valence-electron chi connectivity index (χ3n) is 6.78. The van der Waals surface area contributed by atoms with E-state index in [1.807, 2.05) is 6.07 Å². The van der Waals surface area contributed by atoms with Crippen molar-refractivity contribution in [2.75, 3.05) is 36.8 Å². The van der Waals surface area contributed by atoms with Crippen molar-refractivity contribution in [1.82, 2.24) is 10.2 Å².